The van der Waals surface area contributed by atoms with Gasteiger partial charge in [0.1, 0.15) is 6.33 Å². The monoisotopic (exact) mass is 227 g/mol. The van der Waals surface area contributed by atoms with Crippen LogP contribution in [0.4, 0.5) is 10.2 Å². The molecule has 88 valence electrons. The van der Waals surface area contributed by atoms with E-state index in [9.17, 15) is 9.18 Å². The van der Waals surface area contributed by atoms with Gasteiger partial charge in [0.2, 0.25) is 0 Å². The number of hydrogen-bond donors (Lipinski definition) is 2. The fourth-order valence-electron chi connectivity index (χ4n) is 1.11. The molecule has 0 fully saturated rings. The number of anilines is 1. The van der Waals surface area contributed by atoms with Gasteiger partial charge in [-0.15, -0.1) is 0 Å². The van der Waals surface area contributed by atoms with Crippen molar-refractivity contribution in [3.63, 3.8) is 0 Å². The summed E-state index contributed by atoms with van der Waals surface area (Å²) in [5, 5.41) is 11.3. The molecule has 6 heteroatoms. The molecule has 0 amide bonds. The molecule has 0 saturated carbocycles. The van der Waals surface area contributed by atoms with Crippen molar-refractivity contribution in [3.05, 3.63) is 17.8 Å². The standard InChI is InChI=1S/C10H14FN3O2/c1-3-7-8(11)9(14-5-13-7)12-4-6(2)10(15)16/h5-6H,3-4H2,1-2H3,(H,15,16)(H,12,13,14). The maximum absolute atomic E-state index is 13.6. The van der Waals surface area contributed by atoms with E-state index in [2.05, 4.69) is 15.3 Å². The van der Waals surface area contributed by atoms with Gasteiger partial charge in [-0.1, -0.05) is 13.8 Å². The van der Waals surface area contributed by atoms with Crippen LogP contribution in [-0.2, 0) is 11.2 Å². The second-order valence-electron chi connectivity index (χ2n) is 3.46. The summed E-state index contributed by atoms with van der Waals surface area (Å²) in [6, 6.07) is 0. The average molecular weight is 227 g/mol. The van der Waals surface area contributed by atoms with Crippen molar-refractivity contribution in [3.8, 4) is 0 Å². The first-order valence-electron chi connectivity index (χ1n) is 5.02. The predicted molar refractivity (Wildman–Crippen MR) is 56.7 cm³/mol. The van der Waals surface area contributed by atoms with Crippen LogP contribution in [0.5, 0.6) is 0 Å². The molecule has 16 heavy (non-hydrogen) atoms. The van der Waals surface area contributed by atoms with E-state index in [4.69, 9.17) is 5.11 Å². The van der Waals surface area contributed by atoms with Gasteiger partial charge in [0.15, 0.2) is 11.6 Å². The minimum Gasteiger partial charge on any atom is -0.481 e. The lowest BCUT2D eigenvalue weighted by Crippen LogP contribution is -2.21. The summed E-state index contributed by atoms with van der Waals surface area (Å²) >= 11 is 0. The van der Waals surface area contributed by atoms with Crippen molar-refractivity contribution in [1.82, 2.24) is 9.97 Å². The van der Waals surface area contributed by atoms with Gasteiger partial charge >= 0.3 is 5.97 Å². The quantitative estimate of drug-likeness (QED) is 0.793. The van der Waals surface area contributed by atoms with Crippen molar-refractivity contribution in [2.75, 3.05) is 11.9 Å². The van der Waals surface area contributed by atoms with Gasteiger partial charge in [-0.3, -0.25) is 4.79 Å². The van der Waals surface area contributed by atoms with E-state index in [0.29, 0.717) is 12.1 Å². The molecule has 0 spiro atoms. The van der Waals surface area contributed by atoms with Gasteiger partial charge in [-0.2, -0.15) is 0 Å². The zero-order valence-electron chi connectivity index (χ0n) is 9.20. The van der Waals surface area contributed by atoms with E-state index < -0.39 is 17.7 Å². The Bertz CT molecular complexity index is 384. The first-order valence-corrected chi connectivity index (χ1v) is 5.02. The number of rotatable bonds is 5. The highest BCUT2D eigenvalue weighted by molar-refractivity contribution is 5.70. The van der Waals surface area contributed by atoms with Crippen molar-refractivity contribution >= 4 is 11.8 Å². The molecule has 2 N–H and O–H groups in total. The molecule has 0 bridgehead atoms. The van der Waals surface area contributed by atoms with E-state index in [-0.39, 0.29) is 12.4 Å². The number of nitrogens with zero attached hydrogens (tertiary/aromatic N) is 2. The number of hydrogen-bond acceptors (Lipinski definition) is 4. The normalized spacial score (nSPS) is 12.2. The Labute approximate surface area is 92.7 Å². The van der Waals surface area contributed by atoms with E-state index in [1.165, 1.54) is 13.3 Å². The SMILES string of the molecule is CCc1ncnc(NCC(C)C(=O)O)c1F. The molecule has 1 aromatic heterocycles. The third kappa shape index (κ3) is 2.88. The molecule has 0 aliphatic heterocycles. The maximum atomic E-state index is 13.6. The average Bonchev–Trinajstić information content (AvgIpc) is 2.27. The fraction of sp³-hybridized carbons (Fsp3) is 0.500. The molecule has 1 aromatic rings. The highest BCUT2D eigenvalue weighted by Gasteiger charge is 2.13. The van der Waals surface area contributed by atoms with E-state index in [0.717, 1.165) is 0 Å². The molecule has 0 aliphatic carbocycles. The van der Waals surface area contributed by atoms with Crippen LogP contribution in [0.2, 0.25) is 0 Å². The molecule has 1 unspecified atom stereocenters. The lowest BCUT2D eigenvalue weighted by atomic mass is 10.2. The second kappa shape index (κ2) is 5.39. The number of nitrogens with one attached hydrogen (secondary N) is 1. The minimum absolute atomic E-state index is 0.0555. The third-order valence-corrected chi connectivity index (χ3v) is 2.19. The maximum Gasteiger partial charge on any atom is 0.308 e. The summed E-state index contributed by atoms with van der Waals surface area (Å²) in [4.78, 5) is 18.1. The third-order valence-electron chi connectivity index (χ3n) is 2.19. The Balaban J connectivity index is 2.71. The zero-order chi connectivity index (χ0) is 12.1. The minimum atomic E-state index is -0.933. The molecule has 1 rings (SSSR count). The second-order valence-corrected chi connectivity index (χ2v) is 3.46. The summed E-state index contributed by atoms with van der Waals surface area (Å²) < 4.78 is 13.6. The van der Waals surface area contributed by atoms with Crippen LogP contribution < -0.4 is 5.32 Å². The fourth-order valence-corrected chi connectivity index (χ4v) is 1.11. The molecule has 0 saturated heterocycles. The molecule has 0 aliphatic rings. The molecule has 0 aromatic carbocycles. The summed E-state index contributed by atoms with van der Waals surface area (Å²) in [5.41, 5.74) is 0.320. The number of aliphatic carboxylic acids is 1. The summed E-state index contributed by atoms with van der Waals surface area (Å²) in [6.45, 7) is 3.46. The number of aromatic nitrogens is 2. The van der Waals surface area contributed by atoms with Crippen LogP contribution in [0.15, 0.2) is 6.33 Å². The molecule has 1 heterocycles. The summed E-state index contributed by atoms with van der Waals surface area (Å²) in [5.74, 6) is -1.99. The van der Waals surface area contributed by atoms with Crippen LogP contribution >= 0.6 is 0 Å². The highest BCUT2D eigenvalue weighted by atomic mass is 19.1. The van der Waals surface area contributed by atoms with E-state index in [1.54, 1.807) is 6.92 Å². The predicted octanol–water partition coefficient (Wildman–Crippen LogP) is 1.31. The molecular formula is C10H14FN3O2. The lowest BCUT2D eigenvalue weighted by molar-refractivity contribution is -0.140. The van der Waals surface area contributed by atoms with Crippen LogP contribution in [0.25, 0.3) is 0 Å². The van der Waals surface area contributed by atoms with Crippen molar-refractivity contribution < 1.29 is 14.3 Å². The van der Waals surface area contributed by atoms with Gasteiger partial charge in [0.05, 0.1) is 11.6 Å². The Morgan fingerprint density at radius 2 is 2.31 bits per heavy atom. The Kier molecular flexibility index (Phi) is 4.16. The zero-order valence-corrected chi connectivity index (χ0v) is 9.20. The molecule has 5 nitrogen and oxygen atoms in total. The van der Waals surface area contributed by atoms with Crippen LogP contribution in [0, 0.1) is 11.7 Å². The summed E-state index contributed by atoms with van der Waals surface area (Å²) in [6.07, 6.45) is 1.73. The smallest absolute Gasteiger partial charge is 0.308 e. The molecule has 1 atom stereocenters. The van der Waals surface area contributed by atoms with Crippen LogP contribution in [0.3, 0.4) is 0 Å². The first-order chi connectivity index (χ1) is 7.56. The largest absolute Gasteiger partial charge is 0.481 e. The van der Waals surface area contributed by atoms with Gasteiger partial charge < -0.3 is 10.4 Å². The molecule has 0 radical (unpaired) electrons. The topological polar surface area (TPSA) is 75.1 Å². The lowest BCUT2D eigenvalue weighted by Gasteiger charge is -2.10. The summed E-state index contributed by atoms with van der Waals surface area (Å²) in [7, 11) is 0. The number of halogens is 1. The van der Waals surface area contributed by atoms with Gasteiger partial charge in [0, 0.05) is 6.54 Å². The van der Waals surface area contributed by atoms with Gasteiger partial charge in [-0.05, 0) is 6.42 Å². The van der Waals surface area contributed by atoms with Crippen LogP contribution in [-0.4, -0.2) is 27.6 Å². The van der Waals surface area contributed by atoms with Crippen LogP contribution in [0.1, 0.15) is 19.5 Å². The van der Waals surface area contributed by atoms with Gasteiger partial charge in [-0.25, -0.2) is 14.4 Å². The molecular weight excluding hydrogens is 213 g/mol. The highest BCUT2D eigenvalue weighted by Crippen LogP contribution is 2.13. The van der Waals surface area contributed by atoms with Crippen molar-refractivity contribution in [2.45, 2.75) is 20.3 Å². The van der Waals surface area contributed by atoms with Crippen molar-refractivity contribution in [1.29, 1.82) is 0 Å². The Morgan fingerprint density at radius 1 is 1.62 bits per heavy atom. The first kappa shape index (κ1) is 12.4. The van der Waals surface area contributed by atoms with E-state index in [1.807, 2.05) is 0 Å². The Morgan fingerprint density at radius 3 is 2.88 bits per heavy atom. The number of carbonyl (C=O) groups is 1. The van der Waals surface area contributed by atoms with E-state index >= 15 is 0 Å². The number of aryl methyl sites for hydroxylation is 1. The number of carboxylic acids is 1. The Hall–Kier alpha value is -1.72. The van der Waals surface area contributed by atoms with Gasteiger partial charge in [0.25, 0.3) is 0 Å². The number of carboxylic acid groups (broad SMARTS) is 1. The van der Waals surface area contributed by atoms with Crippen molar-refractivity contribution in [2.24, 2.45) is 5.92 Å².